The predicted octanol–water partition coefficient (Wildman–Crippen LogP) is 2.05. The third-order valence-corrected chi connectivity index (χ3v) is 3.13. The van der Waals surface area contributed by atoms with Gasteiger partial charge in [-0.1, -0.05) is 19.9 Å². The van der Waals surface area contributed by atoms with Crippen molar-refractivity contribution in [2.75, 3.05) is 20.8 Å². The van der Waals surface area contributed by atoms with Crippen molar-refractivity contribution in [1.82, 2.24) is 15.2 Å². The Morgan fingerprint density at radius 1 is 1.26 bits per heavy atom. The highest BCUT2D eigenvalue weighted by molar-refractivity contribution is 5.11. The monoisotopic (exact) mass is 265 g/mol. The van der Waals surface area contributed by atoms with Crippen molar-refractivity contribution < 1.29 is 4.74 Å². The molecule has 4 heteroatoms. The molecule has 0 aliphatic rings. The summed E-state index contributed by atoms with van der Waals surface area (Å²) >= 11 is 0. The smallest absolute Gasteiger partial charge is 0.0615 e. The van der Waals surface area contributed by atoms with Gasteiger partial charge in [0.15, 0.2) is 0 Å². The van der Waals surface area contributed by atoms with E-state index in [1.165, 1.54) is 0 Å². The van der Waals surface area contributed by atoms with Crippen LogP contribution >= 0.6 is 0 Å². The van der Waals surface area contributed by atoms with Crippen LogP contribution in [0.15, 0.2) is 18.2 Å². The first-order chi connectivity index (χ1) is 9.02. The Kier molecular flexibility index (Phi) is 6.99. The Hall–Kier alpha value is -0.970. The van der Waals surface area contributed by atoms with Gasteiger partial charge in [-0.25, -0.2) is 0 Å². The molecule has 1 N–H and O–H groups in total. The van der Waals surface area contributed by atoms with E-state index < -0.39 is 0 Å². The van der Waals surface area contributed by atoms with Crippen LogP contribution in [0.3, 0.4) is 0 Å². The molecule has 1 rings (SSSR count). The van der Waals surface area contributed by atoms with Crippen molar-refractivity contribution in [2.24, 2.45) is 0 Å². The Morgan fingerprint density at radius 3 is 2.58 bits per heavy atom. The van der Waals surface area contributed by atoms with Crippen LogP contribution in [0.4, 0.5) is 0 Å². The number of likely N-dealkylation sites (N-methyl/N-ethyl adjacent to an activating group) is 1. The molecule has 0 aromatic carbocycles. The highest BCUT2D eigenvalue weighted by Gasteiger charge is 2.10. The van der Waals surface area contributed by atoms with E-state index in [4.69, 9.17) is 4.74 Å². The van der Waals surface area contributed by atoms with Crippen LogP contribution < -0.4 is 5.32 Å². The number of hydrogen-bond acceptors (Lipinski definition) is 4. The first-order valence-corrected chi connectivity index (χ1v) is 6.90. The zero-order chi connectivity index (χ0) is 14.3. The van der Waals surface area contributed by atoms with Crippen molar-refractivity contribution in [1.29, 1.82) is 0 Å². The van der Waals surface area contributed by atoms with Gasteiger partial charge in [-0.2, -0.15) is 0 Å². The number of nitrogens with zero attached hydrogens (tertiary/aromatic N) is 2. The lowest BCUT2D eigenvalue weighted by Crippen LogP contribution is -2.32. The SMILES string of the molecule is COCC(C)N(C)Cc1cccc(CNC(C)C)n1. The zero-order valence-electron chi connectivity index (χ0n) is 12.8. The summed E-state index contributed by atoms with van der Waals surface area (Å²) in [5.74, 6) is 0. The van der Waals surface area contributed by atoms with Crippen molar-refractivity contribution in [3.63, 3.8) is 0 Å². The third-order valence-electron chi connectivity index (χ3n) is 3.13. The fourth-order valence-electron chi connectivity index (χ4n) is 1.80. The molecular weight excluding hydrogens is 238 g/mol. The lowest BCUT2D eigenvalue weighted by atomic mass is 10.2. The summed E-state index contributed by atoms with van der Waals surface area (Å²) in [6.07, 6.45) is 0. The maximum atomic E-state index is 5.18. The summed E-state index contributed by atoms with van der Waals surface area (Å²) in [7, 11) is 3.84. The topological polar surface area (TPSA) is 37.4 Å². The van der Waals surface area contributed by atoms with E-state index in [2.05, 4.69) is 61.2 Å². The molecule has 1 heterocycles. The minimum Gasteiger partial charge on any atom is -0.383 e. The van der Waals surface area contributed by atoms with E-state index in [1.807, 2.05) is 0 Å². The molecule has 1 unspecified atom stereocenters. The second-order valence-corrected chi connectivity index (χ2v) is 5.38. The molecule has 0 bridgehead atoms. The summed E-state index contributed by atoms with van der Waals surface area (Å²) in [5, 5.41) is 3.39. The fourth-order valence-corrected chi connectivity index (χ4v) is 1.80. The molecule has 0 radical (unpaired) electrons. The molecule has 4 nitrogen and oxygen atoms in total. The predicted molar refractivity (Wildman–Crippen MR) is 79.0 cm³/mol. The van der Waals surface area contributed by atoms with E-state index in [0.29, 0.717) is 12.1 Å². The van der Waals surface area contributed by atoms with Crippen molar-refractivity contribution >= 4 is 0 Å². The largest absolute Gasteiger partial charge is 0.383 e. The highest BCUT2D eigenvalue weighted by atomic mass is 16.5. The van der Waals surface area contributed by atoms with Crippen LogP contribution in [0.1, 0.15) is 32.2 Å². The van der Waals surface area contributed by atoms with E-state index in [0.717, 1.165) is 31.1 Å². The highest BCUT2D eigenvalue weighted by Crippen LogP contribution is 2.06. The van der Waals surface area contributed by atoms with Crippen LogP contribution in [-0.2, 0) is 17.8 Å². The normalized spacial score (nSPS) is 13.2. The number of aromatic nitrogens is 1. The number of rotatable bonds is 8. The molecule has 1 aromatic heterocycles. The number of hydrogen-bond donors (Lipinski definition) is 1. The molecule has 0 aliphatic heterocycles. The van der Waals surface area contributed by atoms with Gasteiger partial charge >= 0.3 is 0 Å². The van der Waals surface area contributed by atoms with Crippen LogP contribution in [0.2, 0.25) is 0 Å². The zero-order valence-corrected chi connectivity index (χ0v) is 12.8. The molecule has 0 amide bonds. The molecule has 0 aliphatic carbocycles. The molecule has 108 valence electrons. The Labute approximate surface area is 117 Å². The molecule has 1 atom stereocenters. The minimum atomic E-state index is 0.393. The fraction of sp³-hybridized carbons (Fsp3) is 0.667. The van der Waals surface area contributed by atoms with E-state index in [-0.39, 0.29) is 0 Å². The second kappa shape index (κ2) is 8.25. The van der Waals surface area contributed by atoms with Crippen LogP contribution in [0.5, 0.6) is 0 Å². The number of pyridine rings is 1. The number of ether oxygens (including phenoxy) is 1. The summed E-state index contributed by atoms with van der Waals surface area (Å²) in [5.41, 5.74) is 2.20. The maximum absolute atomic E-state index is 5.18. The van der Waals surface area contributed by atoms with Gasteiger partial charge in [-0.05, 0) is 26.1 Å². The van der Waals surface area contributed by atoms with Crippen molar-refractivity contribution in [3.8, 4) is 0 Å². The molecule has 0 fully saturated rings. The summed E-state index contributed by atoms with van der Waals surface area (Å²) in [6.45, 7) is 8.86. The molecule has 0 spiro atoms. The minimum absolute atomic E-state index is 0.393. The molecule has 19 heavy (non-hydrogen) atoms. The Bertz CT molecular complexity index is 368. The van der Waals surface area contributed by atoms with E-state index in [9.17, 15) is 0 Å². The second-order valence-electron chi connectivity index (χ2n) is 5.38. The van der Waals surface area contributed by atoms with E-state index >= 15 is 0 Å². The molecule has 0 saturated carbocycles. The first kappa shape index (κ1) is 16.1. The number of methoxy groups -OCH3 is 1. The van der Waals surface area contributed by atoms with Gasteiger partial charge in [0.1, 0.15) is 0 Å². The average Bonchev–Trinajstić information content (AvgIpc) is 2.37. The van der Waals surface area contributed by atoms with Gasteiger partial charge < -0.3 is 10.1 Å². The average molecular weight is 265 g/mol. The Morgan fingerprint density at radius 2 is 1.95 bits per heavy atom. The van der Waals surface area contributed by atoms with Gasteiger partial charge in [-0.3, -0.25) is 9.88 Å². The van der Waals surface area contributed by atoms with Gasteiger partial charge in [0.25, 0.3) is 0 Å². The lowest BCUT2D eigenvalue weighted by molar-refractivity contribution is 0.111. The summed E-state index contributed by atoms with van der Waals surface area (Å²) in [6, 6.07) is 7.10. The molecular formula is C15H27N3O. The van der Waals surface area contributed by atoms with Gasteiger partial charge in [0.2, 0.25) is 0 Å². The molecule has 1 aromatic rings. The van der Waals surface area contributed by atoms with E-state index in [1.54, 1.807) is 7.11 Å². The summed E-state index contributed by atoms with van der Waals surface area (Å²) < 4.78 is 5.18. The lowest BCUT2D eigenvalue weighted by Gasteiger charge is -2.23. The standard InChI is InChI=1S/C15H27N3O/c1-12(2)16-9-14-7-6-8-15(17-14)10-18(4)13(3)11-19-5/h6-8,12-13,16H,9-11H2,1-5H3. The summed E-state index contributed by atoms with van der Waals surface area (Å²) in [4.78, 5) is 6.94. The van der Waals surface area contributed by atoms with Gasteiger partial charge in [0.05, 0.1) is 18.0 Å². The van der Waals surface area contributed by atoms with Gasteiger partial charge in [-0.15, -0.1) is 0 Å². The van der Waals surface area contributed by atoms with Crippen LogP contribution in [0.25, 0.3) is 0 Å². The van der Waals surface area contributed by atoms with Crippen LogP contribution in [-0.4, -0.2) is 42.7 Å². The quantitative estimate of drug-likeness (QED) is 0.780. The van der Waals surface area contributed by atoms with Crippen molar-refractivity contribution in [2.45, 2.75) is 45.9 Å². The Balaban J connectivity index is 2.56. The van der Waals surface area contributed by atoms with Crippen LogP contribution in [0, 0.1) is 0 Å². The first-order valence-electron chi connectivity index (χ1n) is 6.90. The third kappa shape index (κ3) is 6.14. The van der Waals surface area contributed by atoms with Gasteiger partial charge in [0, 0.05) is 32.3 Å². The van der Waals surface area contributed by atoms with Crippen molar-refractivity contribution in [3.05, 3.63) is 29.6 Å². The molecule has 0 saturated heterocycles. The number of nitrogens with one attached hydrogen (secondary N) is 1. The maximum Gasteiger partial charge on any atom is 0.0615 e.